The first kappa shape index (κ1) is 12.3. The summed E-state index contributed by atoms with van der Waals surface area (Å²) in [7, 11) is 0. The Hall–Kier alpha value is 0.180. The molecule has 1 saturated carbocycles. The molecule has 0 aromatic carbocycles. The van der Waals surface area contributed by atoms with E-state index in [1.165, 1.54) is 25.7 Å². The van der Waals surface area contributed by atoms with Crippen LogP contribution in [-0.2, 0) is 0 Å². The smallest absolute Gasteiger partial charge is 0.0906 e. The topological polar surface area (TPSA) is 12.0 Å². The zero-order valence-corrected chi connectivity index (χ0v) is 9.53. The molecule has 2 unspecified atom stereocenters. The number of halogens is 2. The van der Waals surface area contributed by atoms with Gasteiger partial charge in [-0.15, -0.1) is 11.6 Å². The number of rotatable bonds is 6. The van der Waals surface area contributed by atoms with Crippen molar-refractivity contribution in [1.29, 1.82) is 0 Å². The summed E-state index contributed by atoms with van der Waals surface area (Å²) in [6.07, 6.45) is 5.87. The molecule has 1 aliphatic carbocycles. The molecule has 0 saturated heterocycles. The Morgan fingerprint density at radius 1 is 1.21 bits per heavy atom. The van der Waals surface area contributed by atoms with Crippen LogP contribution in [0.1, 0.15) is 32.1 Å². The first-order chi connectivity index (χ1) is 6.88. The first-order valence-corrected chi connectivity index (χ1v) is 6.24. The third kappa shape index (κ3) is 4.14. The van der Waals surface area contributed by atoms with Gasteiger partial charge in [0.15, 0.2) is 0 Å². The lowest BCUT2D eigenvalue weighted by atomic mass is 9.80. The molecule has 1 fully saturated rings. The van der Waals surface area contributed by atoms with Crippen LogP contribution in [0.5, 0.6) is 0 Å². The lowest BCUT2D eigenvalue weighted by Gasteiger charge is -2.30. The van der Waals surface area contributed by atoms with Gasteiger partial charge in [-0.2, -0.15) is 0 Å². The highest BCUT2D eigenvalue weighted by molar-refractivity contribution is 6.18. The van der Waals surface area contributed by atoms with Gasteiger partial charge in [-0.25, -0.2) is 0 Å². The van der Waals surface area contributed by atoms with Crippen LogP contribution in [0.2, 0.25) is 0 Å². The number of hydrogen-bond donors (Lipinski definition) is 1. The maximum absolute atomic E-state index is 11.8. The standard InChI is InChI=1S/C11H21ClFN/c12-8-10-4-1-2-5-11(10)9-14-7-3-6-13/h10-11,14H,1-9H2. The Kier molecular flexibility index (Phi) is 6.54. The van der Waals surface area contributed by atoms with E-state index in [4.69, 9.17) is 11.6 Å². The van der Waals surface area contributed by atoms with E-state index in [-0.39, 0.29) is 6.67 Å². The molecule has 0 heterocycles. The van der Waals surface area contributed by atoms with E-state index in [2.05, 4.69) is 5.32 Å². The summed E-state index contributed by atoms with van der Waals surface area (Å²) in [5.74, 6) is 2.19. The fraction of sp³-hybridized carbons (Fsp3) is 1.00. The predicted molar refractivity (Wildman–Crippen MR) is 59.6 cm³/mol. The van der Waals surface area contributed by atoms with Crippen molar-refractivity contribution >= 4 is 11.6 Å². The molecular weight excluding hydrogens is 201 g/mol. The Labute approximate surface area is 91.4 Å². The molecule has 0 radical (unpaired) electrons. The van der Waals surface area contributed by atoms with Gasteiger partial charge in [-0.1, -0.05) is 12.8 Å². The van der Waals surface area contributed by atoms with Gasteiger partial charge < -0.3 is 5.32 Å². The van der Waals surface area contributed by atoms with Crippen LogP contribution in [0, 0.1) is 11.8 Å². The van der Waals surface area contributed by atoms with Crippen LogP contribution in [0.15, 0.2) is 0 Å². The van der Waals surface area contributed by atoms with Gasteiger partial charge in [-0.3, -0.25) is 4.39 Å². The number of hydrogen-bond acceptors (Lipinski definition) is 1. The van der Waals surface area contributed by atoms with Gasteiger partial charge in [0.2, 0.25) is 0 Å². The second-order valence-corrected chi connectivity index (χ2v) is 4.51. The van der Waals surface area contributed by atoms with E-state index < -0.39 is 0 Å². The molecule has 1 aliphatic rings. The second-order valence-electron chi connectivity index (χ2n) is 4.21. The third-order valence-corrected chi connectivity index (χ3v) is 3.55. The van der Waals surface area contributed by atoms with Gasteiger partial charge in [0.05, 0.1) is 6.67 Å². The van der Waals surface area contributed by atoms with E-state index in [1.807, 2.05) is 0 Å². The first-order valence-electron chi connectivity index (χ1n) is 5.71. The maximum atomic E-state index is 11.8. The largest absolute Gasteiger partial charge is 0.316 e. The molecule has 0 bridgehead atoms. The Balaban J connectivity index is 2.13. The van der Waals surface area contributed by atoms with E-state index >= 15 is 0 Å². The molecule has 84 valence electrons. The average Bonchev–Trinajstić information content (AvgIpc) is 2.25. The van der Waals surface area contributed by atoms with Crippen molar-refractivity contribution in [1.82, 2.24) is 5.32 Å². The van der Waals surface area contributed by atoms with Crippen molar-refractivity contribution in [2.75, 3.05) is 25.6 Å². The quantitative estimate of drug-likeness (QED) is 0.537. The molecule has 0 amide bonds. The molecule has 0 aliphatic heterocycles. The van der Waals surface area contributed by atoms with Crippen LogP contribution in [-0.4, -0.2) is 25.6 Å². The monoisotopic (exact) mass is 221 g/mol. The van der Waals surface area contributed by atoms with Crippen molar-refractivity contribution in [3.8, 4) is 0 Å². The zero-order valence-electron chi connectivity index (χ0n) is 8.77. The predicted octanol–water partition coefficient (Wildman–Crippen LogP) is 2.98. The van der Waals surface area contributed by atoms with Crippen LogP contribution in [0.3, 0.4) is 0 Å². The Morgan fingerprint density at radius 2 is 1.93 bits per heavy atom. The minimum atomic E-state index is -0.212. The van der Waals surface area contributed by atoms with Crippen LogP contribution in [0.25, 0.3) is 0 Å². The third-order valence-electron chi connectivity index (χ3n) is 3.16. The molecule has 1 rings (SSSR count). The average molecular weight is 222 g/mol. The maximum Gasteiger partial charge on any atom is 0.0906 e. The lowest BCUT2D eigenvalue weighted by Crippen LogP contribution is -2.32. The molecule has 0 aromatic rings. The molecule has 1 N–H and O–H groups in total. The number of alkyl halides is 2. The van der Waals surface area contributed by atoms with Crippen molar-refractivity contribution in [3.63, 3.8) is 0 Å². The molecule has 0 aromatic heterocycles. The minimum Gasteiger partial charge on any atom is -0.316 e. The van der Waals surface area contributed by atoms with E-state index in [9.17, 15) is 4.39 Å². The Bertz CT molecular complexity index is 143. The van der Waals surface area contributed by atoms with Crippen LogP contribution in [0.4, 0.5) is 4.39 Å². The summed E-state index contributed by atoms with van der Waals surface area (Å²) in [4.78, 5) is 0. The van der Waals surface area contributed by atoms with Crippen molar-refractivity contribution in [2.45, 2.75) is 32.1 Å². The van der Waals surface area contributed by atoms with E-state index in [0.29, 0.717) is 12.3 Å². The van der Waals surface area contributed by atoms with Crippen LogP contribution >= 0.6 is 11.6 Å². The summed E-state index contributed by atoms with van der Waals surface area (Å²) in [5.41, 5.74) is 0. The fourth-order valence-electron chi connectivity index (χ4n) is 2.24. The highest BCUT2D eigenvalue weighted by Gasteiger charge is 2.23. The zero-order chi connectivity index (χ0) is 10.2. The lowest BCUT2D eigenvalue weighted by molar-refractivity contribution is 0.250. The summed E-state index contributed by atoms with van der Waals surface area (Å²) < 4.78 is 11.8. The summed E-state index contributed by atoms with van der Waals surface area (Å²) >= 11 is 5.93. The minimum absolute atomic E-state index is 0.212. The number of nitrogens with one attached hydrogen (secondary N) is 1. The van der Waals surface area contributed by atoms with Gasteiger partial charge in [0.1, 0.15) is 0 Å². The SMILES string of the molecule is FCCCNCC1CCCCC1CCl. The van der Waals surface area contributed by atoms with Gasteiger partial charge in [0.25, 0.3) is 0 Å². The normalized spacial score (nSPS) is 27.9. The highest BCUT2D eigenvalue weighted by atomic mass is 35.5. The molecule has 3 heteroatoms. The van der Waals surface area contributed by atoms with Crippen molar-refractivity contribution < 1.29 is 4.39 Å². The van der Waals surface area contributed by atoms with Crippen LogP contribution < -0.4 is 5.32 Å². The highest BCUT2D eigenvalue weighted by Crippen LogP contribution is 2.30. The molecule has 0 spiro atoms. The van der Waals surface area contributed by atoms with E-state index in [1.54, 1.807) is 0 Å². The molecule has 2 atom stereocenters. The summed E-state index contributed by atoms with van der Waals surface area (Å²) in [6.45, 7) is 1.62. The van der Waals surface area contributed by atoms with Gasteiger partial charge in [0, 0.05) is 5.88 Å². The summed E-state index contributed by atoms with van der Waals surface area (Å²) in [6, 6.07) is 0. The Morgan fingerprint density at radius 3 is 2.57 bits per heavy atom. The fourth-order valence-corrected chi connectivity index (χ4v) is 2.64. The second kappa shape index (κ2) is 7.47. The van der Waals surface area contributed by atoms with Crippen molar-refractivity contribution in [2.24, 2.45) is 11.8 Å². The molecule has 14 heavy (non-hydrogen) atoms. The van der Waals surface area contributed by atoms with Crippen molar-refractivity contribution in [3.05, 3.63) is 0 Å². The molecular formula is C11H21ClFN. The van der Waals surface area contributed by atoms with Gasteiger partial charge >= 0.3 is 0 Å². The molecule has 1 nitrogen and oxygen atoms in total. The van der Waals surface area contributed by atoms with E-state index in [0.717, 1.165) is 24.9 Å². The van der Waals surface area contributed by atoms with Gasteiger partial charge in [-0.05, 0) is 44.2 Å². The summed E-state index contributed by atoms with van der Waals surface area (Å²) in [5, 5.41) is 3.32.